The van der Waals surface area contributed by atoms with Crippen LogP contribution in [0, 0.1) is 5.92 Å². The van der Waals surface area contributed by atoms with Crippen LogP contribution in [0.25, 0.3) is 0 Å². The molecule has 1 aliphatic rings. The van der Waals surface area contributed by atoms with Crippen molar-refractivity contribution < 1.29 is 14.6 Å². The summed E-state index contributed by atoms with van der Waals surface area (Å²) < 4.78 is 4.72. The Balaban J connectivity index is 2.57. The third-order valence-corrected chi connectivity index (χ3v) is 2.90. The first-order valence-electron chi connectivity index (χ1n) is 5.82. The minimum Gasteiger partial charge on any atom is -0.356 e. The second kappa shape index (κ2) is 6.18. The Morgan fingerprint density at radius 3 is 2.38 bits per heavy atom. The summed E-state index contributed by atoms with van der Waals surface area (Å²) in [6.07, 6.45) is 1.06. The lowest BCUT2D eigenvalue weighted by molar-refractivity contribution is -0.143. The SMILES string of the molecule is COC(O)NC(C(=O)N1CCCC1)C(C)C. The van der Waals surface area contributed by atoms with Crippen molar-refractivity contribution in [3.05, 3.63) is 0 Å². The molecule has 0 aromatic carbocycles. The van der Waals surface area contributed by atoms with Gasteiger partial charge in [0.2, 0.25) is 12.3 Å². The molecule has 0 bridgehead atoms. The van der Waals surface area contributed by atoms with Crippen molar-refractivity contribution in [3.63, 3.8) is 0 Å². The minimum atomic E-state index is -1.08. The number of hydrogen-bond donors (Lipinski definition) is 2. The monoisotopic (exact) mass is 230 g/mol. The molecule has 5 nitrogen and oxygen atoms in total. The lowest BCUT2D eigenvalue weighted by Gasteiger charge is -2.28. The van der Waals surface area contributed by atoms with E-state index < -0.39 is 6.41 Å². The van der Waals surface area contributed by atoms with Crippen LogP contribution in [0.3, 0.4) is 0 Å². The Bertz CT molecular complexity index is 227. The van der Waals surface area contributed by atoms with Gasteiger partial charge in [0.1, 0.15) is 0 Å². The van der Waals surface area contributed by atoms with E-state index in [9.17, 15) is 9.90 Å². The molecule has 2 atom stereocenters. The van der Waals surface area contributed by atoms with Gasteiger partial charge in [-0.25, -0.2) is 0 Å². The molecule has 1 heterocycles. The van der Waals surface area contributed by atoms with Gasteiger partial charge in [0.25, 0.3) is 0 Å². The van der Waals surface area contributed by atoms with Crippen LogP contribution in [0.5, 0.6) is 0 Å². The zero-order chi connectivity index (χ0) is 12.1. The molecule has 1 fully saturated rings. The fraction of sp³-hybridized carbons (Fsp3) is 0.909. The summed E-state index contributed by atoms with van der Waals surface area (Å²) in [4.78, 5) is 14.0. The summed E-state index contributed by atoms with van der Waals surface area (Å²) in [5.74, 6) is 0.182. The highest BCUT2D eigenvalue weighted by Crippen LogP contribution is 2.13. The van der Waals surface area contributed by atoms with Crippen LogP contribution in [0.15, 0.2) is 0 Å². The Labute approximate surface area is 96.8 Å². The predicted octanol–water partition coefficient (Wildman–Crippen LogP) is 0.145. The van der Waals surface area contributed by atoms with Gasteiger partial charge < -0.3 is 14.7 Å². The van der Waals surface area contributed by atoms with Crippen molar-refractivity contribution in [1.82, 2.24) is 10.2 Å². The zero-order valence-corrected chi connectivity index (χ0v) is 10.3. The molecule has 1 rings (SSSR count). The molecule has 2 N–H and O–H groups in total. The van der Waals surface area contributed by atoms with Gasteiger partial charge in [0, 0.05) is 20.2 Å². The Kier molecular flexibility index (Phi) is 5.18. The zero-order valence-electron chi connectivity index (χ0n) is 10.3. The number of aliphatic hydroxyl groups is 1. The number of rotatable bonds is 5. The second-order valence-electron chi connectivity index (χ2n) is 4.51. The van der Waals surface area contributed by atoms with Crippen LogP contribution in [0.2, 0.25) is 0 Å². The first kappa shape index (κ1) is 13.4. The molecule has 0 saturated carbocycles. The number of methoxy groups -OCH3 is 1. The predicted molar refractivity (Wildman–Crippen MR) is 60.6 cm³/mol. The molecular formula is C11H22N2O3. The number of likely N-dealkylation sites (tertiary alicyclic amines) is 1. The van der Waals surface area contributed by atoms with Crippen LogP contribution < -0.4 is 5.32 Å². The summed E-state index contributed by atoms with van der Waals surface area (Å²) in [7, 11) is 1.40. The maximum Gasteiger partial charge on any atom is 0.240 e. The molecule has 1 saturated heterocycles. The largest absolute Gasteiger partial charge is 0.356 e. The maximum absolute atomic E-state index is 12.1. The van der Waals surface area contributed by atoms with Gasteiger partial charge in [-0.05, 0) is 18.8 Å². The van der Waals surface area contributed by atoms with E-state index in [4.69, 9.17) is 4.74 Å². The quantitative estimate of drug-likeness (QED) is 0.660. The van der Waals surface area contributed by atoms with Crippen LogP contribution in [-0.2, 0) is 9.53 Å². The van der Waals surface area contributed by atoms with Gasteiger partial charge in [-0.2, -0.15) is 0 Å². The van der Waals surface area contributed by atoms with Crippen LogP contribution >= 0.6 is 0 Å². The number of carbonyl (C=O) groups is 1. The van der Waals surface area contributed by atoms with Gasteiger partial charge in [-0.15, -0.1) is 0 Å². The summed E-state index contributed by atoms with van der Waals surface area (Å²) in [5.41, 5.74) is 0. The number of amides is 1. The minimum absolute atomic E-state index is 0.0589. The molecule has 5 heteroatoms. The molecule has 0 aromatic rings. The van der Waals surface area contributed by atoms with Crippen molar-refractivity contribution in [3.8, 4) is 0 Å². The van der Waals surface area contributed by atoms with Gasteiger partial charge in [-0.1, -0.05) is 13.8 Å². The smallest absolute Gasteiger partial charge is 0.240 e. The van der Waals surface area contributed by atoms with Gasteiger partial charge in [0.05, 0.1) is 6.04 Å². The highest BCUT2D eigenvalue weighted by Gasteiger charge is 2.29. The number of carbonyl (C=O) groups excluding carboxylic acids is 1. The third kappa shape index (κ3) is 3.43. The third-order valence-electron chi connectivity index (χ3n) is 2.90. The molecule has 1 amide bonds. The van der Waals surface area contributed by atoms with Gasteiger partial charge in [0.15, 0.2) is 0 Å². The fourth-order valence-electron chi connectivity index (χ4n) is 1.90. The van der Waals surface area contributed by atoms with Crippen LogP contribution in [0.1, 0.15) is 26.7 Å². The average Bonchev–Trinajstić information content (AvgIpc) is 2.77. The van der Waals surface area contributed by atoms with Crippen LogP contribution in [0.4, 0.5) is 0 Å². The average molecular weight is 230 g/mol. The molecule has 0 radical (unpaired) electrons. The molecular weight excluding hydrogens is 208 g/mol. The van der Waals surface area contributed by atoms with E-state index >= 15 is 0 Å². The lowest BCUT2D eigenvalue weighted by Crippen LogP contribution is -2.52. The van der Waals surface area contributed by atoms with Crippen molar-refractivity contribution in [2.45, 2.75) is 39.1 Å². The van der Waals surface area contributed by atoms with E-state index in [1.807, 2.05) is 18.7 Å². The Hall–Kier alpha value is -0.650. The first-order chi connectivity index (χ1) is 7.56. The molecule has 1 aliphatic heterocycles. The standard InChI is InChI=1S/C11H22N2O3/c1-8(2)9(12-11(15)16-3)10(14)13-6-4-5-7-13/h8-9,11-12,15H,4-7H2,1-3H3. The molecule has 16 heavy (non-hydrogen) atoms. The van der Waals surface area contributed by atoms with Gasteiger partial charge in [-0.3, -0.25) is 10.1 Å². The summed E-state index contributed by atoms with van der Waals surface area (Å²) in [5, 5.41) is 12.1. The van der Waals surface area contributed by atoms with Crippen molar-refractivity contribution in [2.24, 2.45) is 5.92 Å². The highest BCUT2D eigenvalue weighted by molar-refractivity contribution is 5.82. The lowest BCUT2D eigenvalue weighted by atomic mass is 10.0. The second-order valence-corrected chi connectivity index (χ2v) is 4.51. The Morgan fingerprint density at radius 2 is 1.94 bits per heavy atom. The molecule has 0 aliphatic carbocycles. The number of nitrogens with zero attached hydrogens (tertiary/aromatic N) is 1. The number of ether oxygens (including phenoxy) is 1. The number of nitrogens with one attached hydrogen (secondary N) is 1. The van der Waals surface area contributed by atoms with E-state index in [2.05, 4.69) is 5.32 Å². The molecule has 0 aromatic heterocycles. The van der Waals surface area contributed by atoms with E-state index in [0.717, 1.165) is 25.9 Å². The maximum atomic E-state index is 12.1. The van der Waals surface area contributed by atoms with Crippen molar-refractivity contribution >= 4 is 5.91 Å². The Morgan fingerprint density at radius 1 is 1.38 bits per heavy atom. The topological polar surface area (TPSA) is 61.8 Å². The molecule has 94 valence electrons. The van der Waals surface area contributed by atoms with Crippen molar-refractivity contribution in [2.75, 3.05) is 20.2 Å². The summed E-state index contributed by atoms with van der Waals surface area (Å²) in [6.45, 7) is 5.56. The van der Waals surface area contributed by atoms with E-state index in [1.165, 1.54) is 7.11 Å². The van der Waals surface area contributed by atoms with E-state index in [0.29, 0.717) is 0 Å². The number of hydrogen-bond acceptors (Lipinski definition) is 4. The highest BCUT2D eigenvalue weighted by atomic mass is 16.6. The normalized spacial score (nSPS) is 20.2. The van der Waals surface area contributed by atoms with Gasteiger partial charge >= 0.3 is 0 Å². The van der Waals surface area contributed by atoms with Crippen molar-refractivity contribution in [1.29, 1.82) is 0 Å². The van der Waals surface area contributed by atoms with E-state index in [-0.39, 0.29) is 17.9 Å². The first-order valence-corrected chi connectivity index (χ1v) is 5.82. The molecule has 2 unspecified atom stereocenters. The fourth-order valence-corrected chi connectivity index (χ4v) is 1.90. The summed E-state index contributed by atoms with van der Waals surface area (Å²) in [6, 6.07) is -0.381. The molecule has 0 spiro atoms. The van der Waals surface area contributed by atoms with E-state index in [1.54, 1.807) is 0 Å². The number of aliphatic hydroxyl groups excluding tert-OH is 1. The summed E-state index contributed by atoms with van der Waals surface area (Å²) >= 11 is 0. The van der Waals surface area contributed by atoms with Crippen LogP contribution in [-0.4, -0.2) is 48.6 Å².